The fraction of sp³-hybridized carbons (Fsp3) is 0. The highest BCUT2D eigenvalue weighted by molar-refractivity contribution is 6.12. The van der Waals surface area contributed by atoms with E-state index in [9.17, 15) is 5.26 Å². The molecule has 0 aliphatic rings. The molecule has 9 aromatic rings. The molecule has 0 amide bonds. The van der Waals surface area contributed by atoms with Crippen LogP contribution in [0.15, 0.2) is 168 Å². The monoisotopic (exact) mass is 677 g/mol. The zero-order valence-corrected chi connectivity index (χ0v) is 28.2. The normalized spacial score (nSPS) is 11.0. The molecule has 7 aromatic carbocycles. The summed E-state index contributed by atoms with van der Waals surface area (Å²) in [7, 11) is 0. The second kappa shape index (κ2) is 13.2. The topological polar surface area (TPSA) is 80.0 Å². The van der Waals surface area contributed by atoms with Gasteiger partial charge in [-0.15, -0.1) is 0 Å². The summed E-state index contributed by atoms with van der Waals surface area (Å²) in [4.78, 5) is 19.1. The molecule has 246 valence electrons. The third kappa shape index (κ3) is 5.67. The number of hydrogen-bond donors (Lipinski definition) is 0. The lowest BCUT2D eigenvalue weighted by atomic mass is 9.89. The highest BCUT2D eigenvalue weighted by Gasteiger charge is 2.23. The van der Waals surface area contributed by atoms with Gasteiger partial charge in [0.25, 0.3) is 0 Å². The molecule has 0 atom stereocenters. The molecule has 0 aliphatic carbocycles. The van der Waals surface area contributed by atoms with Crippen molar-refractivity contribution in [2.24, 2.45) is 0 Å². The van der Waals surface area contributed by atoms with E-state index in [1.807, 2.05) is 133 Å². The van der Waals surface area contributed by atoms with Crippen LogP contribution < -0.4 is 0 Å². The Bertz CT molecular complexity index is 2780. The van der Waals surface area contributed by atoms with Gasteiger partial charge < -0.3 is 4.42 Å². The van der Waals surface area contributed by atoms with E-state index >= 15 is 0 Å². The standard InChI is InChI=1S/C47H27N5O/c1-49-41-22-12-10-20-37(41)34-26-33(36-19-9-8-18-32(36)29-48)27-35(28-34)38-24-25-40-39-21-11-13-23-42(39)53-44(40)43(38)47-51-45(30-14-4-2-5-15-30)50-46(52-47)31-16-6-3-7-17-31/h2-28H. The summed E-state index contributed by atoms with van der Waals surface area (Å²) in [5.74, 6) is 1.54. The molecule has 0 saturated carbocycles. The third-order valence-electron chi connectivity index (χ3n) is 9.41. The van der Waals surface area contributed by atoms with Crippen LogP contribution in [0.1, 0.15) is 5.56 Å². The number of aromatic nitrogens is 3. The van der Waals surface area contributed by atoms with E-state index in [0.717, 1.165) is 60.9 Å². The Labute approximate surface area is 305 Å². The number of benzene rings is 7. The molecule has 0 radical (unpaired) electrons. The molecular formula is C47H27N5O. The Morgan fingerprint density at radius 1 is 0.491 bits per heavy atom. The minimum absolute atomic E-state index is 0.461. The Morgan fingerprint density at radius 2 is 1.04 bits per heavy atom. The van der Waals surface area contributed by atoms with E-state index in [2.05, 4.69) is 41.2 Å². The molecule has 0 aliphatic heterocycles. The fourth-order valence-corrected chi connectivity index (χ4v) is 6.91. The number of para-hydroxylation sites is 2. The molecule has 6 nitrogen and oxygen atoms in total. The van der Waals surface area contributed by atoms with Gasteiger partial charge in [-0.25, -0.2) is 19.8 Å². The molecule has 0 N–H and O–H groups in total. The molecule has 0 unspecified atom stereocenters. The first-order valence-corrected chi connectivity index (χ1v) is 17.1. The van der Waals surface area contributed by atoms with Crippen LogP contribution in [-0.2, 0) is 0 Å². The predicted octanol–water partition coefficient (Wildman–Crippen LogP) is 12.2. The van der Waals surface area contributed by atoms with Crippen LogP contribution in [0.2, 0.25) is 0 Å². The van der Waals surface area contributed by atoms with E-state index in [1.54, 1.807) is 0 Å². The van der Waals surface area contributed by atoms with E-state index in [1.165, 1.54) is 0 Å². The van der Waals surface area contributed by atoms with Crippen LogP contribution in [0.4, 0.5) is 5.69 Å². The number of nitriles is 1. The first-order chi connectivity index (χ1) is 26.2. The van der Waals surface area contributed by atoms with Crippen molar-refractivity contribution in [1.29, 1.82) is 5.26 Å². The number of hydrogen-bond acceptors (Lipinski definition) is 5. The van der Waals surface area contributed by atoms with Crippen LogP contribution in [0.3, 0.4) is 0 Å². The van der Waals surface area contributed by atoms with Crippen LogP contribution in [-0.4, -0.2) is 15.0 Å². The summed E-state index contributed by atoms with van der Waals surface area (Å²) in [6.45, 7) is 7.95. The third-order valence-corrected chi connectivity index (χ3v) is 9.41. The van der Waals surface area contributed by atoms with Gasteiger partial charge >= 0.3 is 0 Å². The lowest BCUT2D eigenvalue weighted by Crippen LogP contribution is -2.01. The smallest absolute Gasteiger partial charge is 0.194 e. The second-order valence-corrected chi connectivity index (χ2v) is 12.6. The van der Waals surface area contributed by atoms with Crippen molar-refractivity contribution in [1.82, 2.24) is 15.0 Å². The highest BCUT2D eigenvalue weighted by Crippen LogP contribution is 2.44. The summed E-state index contributed by atoms with van der Waals surface area (Å²) in [6.07, 6.45) is 0. The summed E-state index contributed by atoms with van der Waals surface area (Å²) < 4.78 is 6.71. The largest absolute Gasteiger partial charge is 0.455 e. The van der Waals surface area contributed by atoms with Crippen LogP contribution in [0.5, 0.6) is 0 Å². The molecular weight excluding hydrogens is 651 g/mol. The van der Waals surface area contributed by atoms with Crippen molar-refractivity contribution in [3.8, 4) is 73.6 Å². The number of rotatable bonds is 6. The molecule has 2 heterocycles. The van der Waals surface area contributed by atoms with E-state index in [0.29, 0.717) is 39.9 Å². The highest BCUT2D eigenvalue weighted by atomic mass is 16.3. The lowest BCUT2D eigenvalue weighted by Gasteiger charge is -2.16. The minimum atomic E-state index is 0.461. The lowest BCUT2D eigenvalue weighted by molar-refractivity contribution is 0.669. The number of fused-ring (bicyclic) bond motifs is 3. The quantitative estimate of drug-likeness (QED) is 0.164. The van der Waals surface area contributed by atoms with Crippen LogP contribution in [0.25, 0.3) is 94.3 Å². The predicted molar refractivity (Wildman–Crippen MR) is 211 cm³/mol. The first-order valence-electron chi connectivity index (χ1n) is 17.1. The van der Waals surface area contributed by atoms with Crippen molar-refractivity contribution >= 4 is 27.6 Å². The Morgan fingerprint density at radius 3 is 1.72 bits per heavy atom. The second-order valence-electron chi connectivity index (χ2n) is 12.6. The van der Waals surface area contributed by atoms with Crippen molar-refractivity contribution in [3.63, 3.8) is 0 Å². The molecule has 0 spiro atoms. The average molecular weight is 678 g/mol. The number of furan rings is 1. The van der Waals surface area contributed by atoms with Gasteiger partial charge in [0, 0.05) is 21.9 Å². The Balaban J connectivity index is 1.39. The van der Waals surface area contributed by atoms with Gasteiger partial charge in [0.1, 0.15) is 11.2 Å². The van der Waals surface area contributed by atoms with Gasteiger partial charge in [-0.3, -0.25) is 0 Å². The van der Waals surface area contributed by atoms with Crippen molar-refractivity contribution < 1.29 is 4.42 Å². The molecule has 6 heteroatoms. The molecule has 53 heavy (non-hydrogen) atoms. The van der Waals surface area contributed by atoms with Gasteiger partial charge in [0.15, 0.2) is 23.2 Å². The van der Waals surface area contributed by atoms with Gasteiger partial charge in [0.2, 0.25) is 0 Å². The summed E-state index contributed by atoms with van der Waals surface area (Å²) in [5.41, 5.74) is 9.90. The SMILES string of the molecule is [C-]#[N+]c1ccccc1-c1cc(-c2ccccc2C#N)cc(-c2ccc3c(oc4ccccc43)c2-c2nc(-c3ccccc3)nc(-c3ccccc3)n2)c1. The number of nitrogens with zero attached hydrogens (tertiary/aromatic N) is 5. The molecule has 0 bridgehead atoms. The summed E-state index contributed by atoms with van der Waals surface area (Å²) >= 11 is 0. The summed E-state index contributed by atoms with van der Waals surface area (Å²) in [5, 5.41) is 12.1. The van der Waals surface area contributed by atoms with E-state index < -0.39 is 0 Å². The first kappa shape index (κ1) is 31.3. The zero-order valence-electron chi connectivity index (χ0n) is 28.2. The maximum Gasteiger partial charge on any atom is 0.194 e. The Kier molecular flexibility index (Phi) is 7.82. The van der Waals surface area contributed by atoms with E-state index in [-0.39, 0.29) is 0 Å². The van der Waals surface area contributed by atoms with Gasteiger partial charge in [0.05, 0.1) is 23.8 Å². The van der Waals surface area contributed by atoms with Crippen molar-refractivity contribution in [3.05, 3.63) is 181 Å². The molecule has 2 aromatic heterocycles. The molecule has 9 rings (SSSR count). The minimum Gasteiger partial charge on any atom is -0.455 e. The van der Waals surface area contributed by atoms with Crippen LogP contribution in [0, 0.1) is 17.9 Å². The maximum atomic E-state index is 10.1. The molecule has 0 fully saturated rings. The maximum absolute atomic E-state index is 10.1. The average Bonchev–Trinajstić information content (AvgIpc) is 3.62. The molecule has 0 saturated heterocycles. The van der Waals surface area contributed by atoms with Crippen LogP contribution >= 0.6 is 0 Å². The van der Waals surface area contributed by atoms with Crippen molar-refractivity contribution in [2.45, 2.75) is 0 Å². The van der Waals surface area contributed by atoms with Gasteiger partial charge in [-0.1, -0.05) is 127 Å². The van der Waals surface area contributed by atoms with Gasteiger partial charge in [-0.05, 0) is 69.8 Å². The Hall–Kier alpha value is -7.67. The fourth-order valence-electron chi connectivity index (χ4n) is 6.91. The zero-order chi connectivity index (χ0) is 35.7. The van der Waals surface area contributed by atoms with E-state index in [4.69, 9.17) is 25.9 Å². The summed E-state index contributed by atoms with van der Waals surface area (Å²) in [6, 6.07) is 55.7. The van der Waals surface area contributed by atoms with Gasteiger partial charge in [-0.2, -0.15) is 5.26 Å². The van der Waals surface area contributed by atoms with Crippen molar-refractivity contribution in [2.75, 3.05) is 0 Å².